The normalized spacial score (nSPS) is 16.2. The standard InChI is InChI=1S/C17H18FN7/c1-23-7-9-24(10-8-23)25(14-4-2-3-13(18)11-14)17-21-12-15-16(22-17)20-6-5-19-15/h2-6,11-12H,7-10H2,1H3. The third-order valence-electron chi connectivity index (χ3n) is 4.22. The number of rotatable bonds is 3. The van der Waals surface area contributed by atoms with Gasteiger partial charge in [0.05, 0.1) is 11.9 Å². The van der Waals surface area contributed by atoms with E-state index >= 15 is 0 Å². The summed E-state index contributed by atoms with van der Waals surface area (Å²) in [7, 11) is 2.09. The molecule has 3 aromatic rings. The largest absolute Gasteiger partial charge is 0.304 e. The van der Waals surface area contributed by atoms with Gasteiger partial charge in [-0.2, -0.15) is 4.98 Å². The molecular weight excluding hydrogens is 321 g/mol. The zero-order valence-electron chi connectivity index (χ0n) is 13.9. The van der Waals surface area contributed by atoms with E-state index in [9.17, 15) is 4.39 Å². The number of hydrazine groups is 1. The van der Waals surface area contributed by atoms with E-state index in [1.165, 1.54) is 12.1 Å². The summed E-state index contributed by atoms with van der Waals surface area (Å²) in [6, 6.07) is 6.46. The van der Waals surface area contributed by atoms with Gasteiger partial charge in [0.15, 0.2) is 5.65 Å². The maximum Gasteiger partial charge on any atom is 0.247 e. The Morgan fingerprint density at radius 2 is 1.84 bits per heavy atom. The number of likely N-dealkylation sites (N-methyl/N-ethyl adjacent to an activating group) is 1. The molecule has 128 valence electrons. The van der Waals surface area contributed by atoms with Crippen molar-refractivity contribution in [2.24, 2.45) is 0 Å². The van der Waals surface area contributed by atoms with Gasteiger partial charge >= 0.3 is 0 Å². The Morgan fingerprint density at radius 1 is 1.04 bits per heavy atom. The average Bonchev–Trinajstić information content (AvgIpc) is 2.64. The number of fused-ring (bicyclic) bond motifs is 1. The molecule has 1 aromatic carbocycles. The molecule has 0 N–H and O–H groups in total. The van der Waals surface area contributed by atoms with Crippen molar-refractivity contribution in [3.63, 3.8) is 0 Å². The molecular formula is C17H18FN7. The number of hydrogen-bond donors (Lipinski definition) is 0. The zero-order chi connectivity index (χ0) is 17.2. The van der Waals surface area contributed by atoms with E-state index in [0.717, 1.165) is 26.2 Å². The van der Waals surface area contributed by atoms with Crippen LogP contribution < -0.4 is 5.01 Å². The van der Waals surface area contributed by atoms with Crippen molar-refractivity contribution in [1.82, 2.24) is 29.8 Å². The second-order valence-electron chi connectivity index (χ2n) is 5.98. The van der Waals surface area contributed by atoms with Crippen LogP contribution in [-0.4, -0.2) is 63.1 Å². The quantitative estimate of drug-likeness (QED) is 0.722. The predicted molar refractivity (Wildman–Crippen MR) is 92.7 cm³/mol. The predicted octanol–water partition coefficient (Wildman–Crippen LogP) is 1.86. The smallest absolute Gasteiger partial charge is 0.247 e. The lowest BCUT2D eigenvalue weighted by Gasteiger charge is -2.39. The molecule has 0 saturated carbocycles. The number of piperazine rings is 1. The van der Waals surface area contributed by atoms with E-state index in [-0.39, 0.29) is 5.82 Å². The number of benzene rings is 1. The Balaban J connectivity index is 1.78. The molecule has 0 atom stereocenters. The SMILES string of the molecule is CN1CCN(N(c2cccc(F)c2)c2ncc3nccnc3n2)CC1. The van der Waals surface area contributed by atoms with Crippen LogP contribution in [-0.2, 0) is 0 Å². The fourth-order valence-electron chi connectivity index (χ4n) is 2.87. The summed E-state index contributed by atoms with van der Waals surface area (Å²) in [5.41, 5.74) is 1.83. The molecule has 7 nitrogen and oxygen atoms in total. The van der Waals surface area contributed by atoms with Crippen molar-refractivity contribution in [3.05, 3.63) is 48.7 Å². The van der Waals surface area contributed by atoms with Crippen molar-refractivity contribution < 1.29 is 4.39 Å². The second kappa shape index (κ2) is 6.66. The third kappa shape index (κ3) is 3.26. The van der Waals surface area contributed by atoms with Crippen LogP contribution in [0.2, 0.25) is 0 Å². The van der Waals surface area contributed by atoms with E-state index < -0.39 is 0 Å². The number of anilines is 2. The molecule has 1 saturated heterocycles. The number of nitrogens with zero attached hydrogens (tertiary/aromatic N) is 7. The Morgan fingerprint density at radius 3 is 2.64 bits per heavy atom. The molecule has 4 rings (SSSR count). The van der Waals surface area contributed by atoms with Gasteiger partial charge in [0.25, 0.3) is 0 Å². The highest BCUT2D eigenvalue weighted by atomic mass is 19.1. The molecule has 3 heterocycles. The van der Waals surface area contributed by atoms with E-state index in [1.807, 2.05) is 11.1 Å². The average molecular weight is 339 g/mol. The summed E-state index contributed by atoms with van der Waals surface area (Å²) in [6.45, 7) is 3.43. The van der Waals surface area contributed by atoms with Crippen molar-refractivity contribution in [2.75, 3.05) is 38.2 Å². The first-order valence-electron chi connectivity index (χ1n) is 8.13. The molecule has 1 aliphatic rings. The molecule has 0 spiro atoms. The molecule has 0 bridgehead atoms. The van der Waals surface area contributed by atoms with Crippen LogP contribution >= 0.6 is 0 Å². The van der Waals surface area contributed by atoms with Crippen LogP contribution in [0.3, 0.4) is 0 Å². The number of halogens is 1. The van der Waals surface area contributed by atoms with Crippen LogP contribution in [0.1, 0.15) is 0 Å². The fraction of sp³-hybridized carbons (Fsp3) is 0.294. The summed E-state index contributed by atoms with van der Waals surface area (Å²) in [4.78, 5) is 19.7. The highest BCUT2D eigenvalue weighted by molar-refractivity contribution is 5.70. The lowest BCUT2D eigenvalue weighted by Crippen LogP contribution is -2.51. The van der Waals surface area contributed by atoms with Gasteiger partial charge in [-0.25, -0.2) is 29.4 Å². The molecule has 0 aliphatic carbocycles. The Labute approximate surface area is 144 Å². The van der Waals surface area contributed by atoms with Gasteiger partial charge < -0.3 is 4.90 Å². The minimum absolute atomic E-state index is 0.294. The highest BCUT2D eigenvalue weighted by Gasteiger charge is 2.25. The summed E-state index contributed by atoms with van der Waals surface area (Å²) in [5.74, 6) is 0.167. The maximum absolute atomic E-state index is 13.8. The van der Waals surface area contributed by atoms with Gasteiger partial charge in [-0.1, -0.05) is 6.07 Å². The van der Waals surface area contributed by atoms with Gasteiger partial charge in [0.1, 0.15) is 11.3 Å². The first-order valence-corrected chi connectivity index (χ1v) is 8.13. The van der Waals surface area contributed by atoms with E-state index in [0.29, 0.717) is 22.8 Å². The van der Waals surface area contributed by atoms with Gasteiger partial charge in [0, 0.05) is 38.6 Å². The van der Waals surface area contributed by atoms with Gasteiger partial charge in [-0.05, 0) is 25.2 Å². The molecule has 0 unspecified atom stereocenters. The first-order chi connectivity index (χ1) is 12.2. The first kappa shape index (κ1) is 15.8. The fourth-order valence-corrected chi connectivity index (χ4v) is 2.87. The lowest BCUT2D eigenvalue weighted by atomic mass is 10.3. The molecule has 1 aliphatic heterocycles. The van der Waals surface area contributed by atoms with Crippen molar-refractivity contribution in [2.45, 2.75) is 0 Å². The van der Waals surface area contributed by atoms with Crippen LogP contribution in [0.4, 0.5) is 16.0 Å². The minimum atomic E-state index is -0.294. The summed E-state index contributed by atoms with van der Waals surface area (Å²) in [5, 5.41) is 4.00. The van der Waals surface area contributed by atoms with Crippen LogP contribution in [0, 0.1) is 5.82 Å². The van der Waals surface area contributed by atoms with E-state index in [4.69, 9.17) is 0 Å². The maximum atomic E-state index is 13.8. The monoisotopic (exact) mass is 339 g/mol. The second-order valence-corrected chi connectivity index (χ2v) is 5.98. The zero-order valence-corrected chi connectivity index (χ0v) is 13.9. The highest BCUT2D eigenvalue weighted by Crippen LogP contribution is 2.26. The summed E-state index contributed by atoms with van der Waals surface area (Å²) >= 11 is 0. The van der Waals surface area contributed by atoms with Crippen LogP contribution in [0.5, 0.6) is 0 Å². The molecule has 0 radical (unpaired) electrons. The summed E-state index contributed by atoms with van der Waals surface area (Å²) < 4.78 is 13.8. The third-order valence-corrected chi connectivity index (χ3v) is 4.22. The molecule has 25 heavy (non-hydrogen) atoms. The summed E-state index contributed by atoms with van der Waals surface area (Å²) in [6.07, 6.45) is 4.85. The molecule has 0 amide bonds. The van der Waals surface area contributed by atoms with Crippen molar-refractivity contribution in [3.8, 4) is 0 Å². The Kier molecular flexibility index (Phi) is 4.21. The van der Waals surface area contributed by atoms with E-state index in [2.05, 4.69) is 36.9 Å². The van der Waals surface area contributed by atoms with E-state index in [1.54, 1.807) is 24.7 Å². The van der Waals surface area contributed by atoms with Gasteiger partial charge in [-0.3, -0.25) is 0 Å². The van der Waals surface area contributed by atoms with Crippen molar-refractivity contribution in [1.29, 1.82) is 0 Å². The molecule has 8 heteroatoms. The number of hydrogen-bond acceptors (Lipinski definition) is 7. The topological polar surface area (TPSA) is 61.3 Å². The Hall–Kier alpha value is -2.71. The number of aromatic nitrogens is 4. The lowest BCUT2D eigenvalue weighted by molar-refractivity contribution is 0.153. The minimum Gasteiger partial charge on any atom is -0.304 e. The van der Waals surface area contributed by atoms with Gasteiger partial charge in [-0.15, -0.1) is 0 Å². The Bertz CT molecular complexity index is 880. The van der Waals surface area contributed by atoms with Crippen molar-refractivity contribution >= 4 is 22.8 Å². The molecule has 1 fully saturated rings. The van der Waals surface area contributed by atoms with Crippen LogP contribution in [0.15, 0.2) is 42.9 Å². The molecule has 2 aromatic heterocycles. The van der Waals surface area contributed by atoms with Gasteiger partial charge in [0.2, 0.25) is 5.95 Å². The van der Waals surface area contributed by atoms with Crippen LogP contribution in [0.25, 0.3) is 11.2 Å².